The fourth-order valence-corrected chi connectivity index (χ4v) is 1.45. The van der Waals surface area contributed by atoms with E-state index < -0.39 is 0 Å². The number of hydrogen-bond acceptors (Lipinski definition) is 3. The lowest BCUT2D eigenvalue weighted by atomic mass is 10.3. The Morgan fingerprint density at radius 3 is 2.62 bits per heavy atom. The second-order valence-electron chi connectivity index (χ2n) is 3.44. The second-order valence-corrected chi connectivity index (χ2v) is 3.44. The first kappa shape index (κ1) is 10.5. The Labute approximate surface area is 93.0 Å². The van der Waals surface area contributed by atoms with Gasteiger partial charge in [0.15, 0.2) is 0 Å². The second kappa shape index (κ2) is 4.65. The van der Waals surface area contributed by atoms with Gasteiger partial charge in [0.1, 0.15) is 18.9 Å². The molecule has 0 radical (unpaired) electrons. The minimum atomic E-state index is -0.346. The average molecular weight is 220 g/mol. The Morgan fingerprint density at radius 1 is 1.25 bits per heavy atom. The van der Waals surface area contributed by atoms with Gasteiger partial charge in [0.25, 0.3) is 0 Å². The highest BCUT2D eigenvalue weighted by Crippen LogP contribution is 2.08. The third kappa shape index (κ3) is 2.50. The summed E-state index contributed by atoms with van der Waals surface area (Å²) in [5, 5.41) is 2.21. The largest absolute Gasteiger partial charge is 0.492 e. The number of carbonyl (C=O) groups is 2. The van der Waals surface area contributed by atoms with Crippen LogP contribution in [0.5, 0.6) is 5.75 Å². The summed E-state index contributed by atoms with van der Waals surface area (Å²) in [6, 6.07) is 8.99. The predicted molar refractivity (Wildman–Crippen MR) is 57.0 cm³/mol. The van der Waals surface area contributed by atoms with Gasteiger partial charge in [-0.2, -0.15) is 0 Å². The molecule has 5 heteroatoms. The Balaban J connectivity index is 1.76. The summed E-state index contributed by atoms with van der Waals surface area (Å²) in [5.74, 6) is 0.498. The van der Waals surface area contributed by atoms with Crippen LogP contribution in [0.25, 0.3) is 0 Å². The minimum Gasteiger partial charge on any atom is -0.492 e. The van der Waals surface area contributed by atoms with Gasteiger partial charge in [0.2, 0.25) is 5.91 Å². The third-order valence-electron chi connectivity index (χ3n) is 2.24. The fraction of sp³-hybridized carbons (Fsp3) is 0.273. The molecule has 1 saturated heterocycles. The lowest BCUT2D eigenvalue weighted by Gasteiger charge is -2.13. The summed E-state index contributed by atoms with van der Waals surface area (Å²) in [6.45, 7) is 0.911. The number of ether oxygens (including phenoxy) is 1. The van der Waals surface area contributed by atoms with Crippen LogP contribution in [0, 0.1) is 0 Å². The van der Waals surface area contributed by atoms with Crippen LogP contribution < -0.4 is 10.1 Å². The maximum Gasteiger partial charge on any atom is 0.324 e. The van der Waals surface area contributed by atoms with Crippen molar-refractivity contribution in [3.05, 3.63) is 30.3 Å². The first-order chi connectivity index (χ1) is 7.75. The van der Waals surface area contributed by atoms with Gasteiger partial charge in [-0.15, -0.1) is 0 Å². The average Bonchev–Trinajstić information content (AvgIpc) is 2.59. The maximum absolute atomic E-state index is 11.2. The molecule has 16 heavy (non-hydrogen) atoms. The van der Waals surface area contributed by atoms with Gasteiger partial charge in [-0.25, -0.2) is 4.79 Å². The quantitative estimate of drug-likeness (QED) is 0.756. The van der Waals surface area contributed by atoms with Crippen LogP contribution in [0.15, 0.2) is 30.3 Å². The van der Waals surface area contributed by atoms with Crippen molar-refractivity contribution in [2.75, 3.05) is 19.7 Å². The number of benzene rings is 1. The highest BCUT2D eigenvalue weighted by atomic mass is 16.5. The fourth-order valence-electron chi connectivity index (χ4n) is 1.45. The minimum absolute atomic E-state index is 0.122. The van der Waals surface area contributed by atoms with Crippen LogP contribution in [0.4, 0.5) is 4.79 Å². The van der Waals surface area contributed by atoms with E-state index in [0.29, 0.717) is 13.2 Å². The highest BCUT2D eigenvalue weighted by molar-refractivity contribution is 6.01. The summed E-state index contributed by atoms with van der Waals surface area (Å²) in [7, 11) is 0. The number of hydrogen-bond donors (Lipinski definition) is 1. The predicted octanol–water partition coefficient (Wildman–Crippen LogP) is 0.617. The molecule has 1 aliphatic rings. The molecule has 1 aromatic carbocycles. The number of urea groups is 1. The zero-order valence-electron chi connectivity index (χ0n) is 8.68. The van der Waals surface area contributed by atoms with Gasteiger partial charge < -0.3 is 9.64 Å². The molecule has 1 heterocycles. The number of rotatable bonds is 4. The molecule has 1 N–H and O–H groups in total. The Bertz CT molecular complexity index is 391. The van der Waals surface area contributed by atoms with E-state index in [1.807, 2.05) is 30.3 Å². The molecule has 1 aliphatic heterocycles. The van der Waals surface area contributed by atoms with Crippen molar-refractivity contribution in [2.45, 2.75) is 0 Å². The number of para-hydroxylation sites is 1. The third-order valence-corrected chi connectivity index (χ3v) is 2.24. The van der Waals surface area contributed by atoms with E-state index in [-0.39, 0.29) is 18.5 Å². The van der Waals surface area contributed by atoms with E-state index in [4.69, 9.17) is 4.74 Å². The van der Waals surface area contributed by atoms with Crippen molar-refractivity contribution in [1.82, 2.24) is 10.2 Å². The summed E-state index contributed by atoms with van der Waals surface area (Å²) >= 11 is 0. The number of nitrogens with zero attached hydrogens (tertiary/aromatic N) is 1. The lowest BCUT2D eigenvalue weighted by molar-refractivity contribution is -0.118. The maximum atomic E-state index is 11.2. The van der Waals surface area contributed by atoms with Crippen LogP contribution in [0.1, 0.15) is 0 Å². The van der Waals surface area contributed by atoms with Crippen molar-refractivity contribution in [2.24, 2.45) is 0 Å². The molecule has 3 amide bonds. The van der Waals surface area contributed by atoms with Crippen molar-refractivity contribution in [3.63, 3.8) is 0 Å². The monoisotopic (exact) mass is 220 g/mol. The molecule has 2 rings (SSSR count). The Kier molecular flexibility index (Phi) is 3.05. The standard InChI is InChI=1S/C11H12N2O3/c14-10-8-13(11(15)12-10)6-7-16-9-4-2-1-3-5-9/h1-5H,6-8H2,(H,12,14,15). The van der Waals surface area contributed by atoms with Crippen LogP contribution >= 0.6 is 0 Å². The van der Waals surface area contributed by atoms with Gasteiger partial charge in [-0.1, -0.05) is 18.2 Å². The molecule has 0 saturated carbocycles. The summed E-state index contributed by atoms with van der Waals surface area (Å²) in [4.78, 5) is 23.5. The summed E-state index contributed by atoms with van der Waals surface area (Å²) in [6.07, 6.45) is 0. The van der Waals surface area contributed by atoms with Crippen molar-refractivity contribution in [1.29, 1.82) is 0 Å². The Hall–Kier alpha value is -2.04. The first-order valence-electron chi connectivity index (χ1n) is 5.02. The molecule has 0 unspecified atom stereocenters. The first-order valence-corrected chi connectivity index (χ1v) is 5.02. The van der Waals surface area contributed by atoms with E-state index in [0.717, 1.165) is 5.75 Å². The van der Waals surface area contributed by atoms with Gasteiger partial charge >= 0.3 is 6.03 Å². The SMILES string of the molecule is O=C1CN(CCOc2ccccc2)C(=O)N1. The molecule has 0 aromatic heterocycles. The zero-order chi connectivity index (χ0) is 11.4. The molecular weight excluding hydrogens is 208 g/mol. The van der Waals surface area contributed by atoms with Gasteiger partial charge in [-0.3, -0.25) is 10.1 Å². The van der Waals surface area contributed by atoms with E-state index in [2.05, 4.69) is 5.32 Å². The van der Waals surface area contributed by atoms with Crippen molar-refractivity contribution < 1.29 is 14.3 Å². The number of nitrogens with one attached hydrogen (secondary N) is 1. The topological polar surface area (TPSA) is 58.6 Å². The number of carbonyl (C=O) groups excluding carboxylic acids is 2. The molecule has 1 aromatic rings. The van der Waals surface area contributed by atoms with Crippen LogP contribution in [0.2, 0.25) is 0 Å². The molecule has 84 valence electrons. The molecule has 0 aliphatic carbocycles. The molecule has 5 nitrogen and oxygen atoms in total. The van der Waals surface area contributed by atoms with E-state index in [1.54, 1.807) is 0 Å². The normalized spacial score (nSPS) is 15.1. The molecule has 0 spiro atoms. The lowest BCUT2D eigenvalue weighted by Crippen LogP contribution is -2.31. The van der Waals surface area contributed by atoms with Gasteiger partial charge in [0, 0.05) is 0 Å². The summed E-state index contributed by atoms with van der Waals surface area (Å²) < 4.78 is 5.42. The van der Waals surface area contributed by atoms with E-state index in [1.165, 1.54) is 4.90 Å². The highest BCUT2D eigenvalue weighted by Gasteiger charge is 2.25. The Morgan fingerprint density at radius 2 is 2.00 bits per heavy atom. The van der Waals surface area contributed by atoms with E-state index in [9.17, 15) is 9.59 Å². The molecular formula is C11H12N2O3. The van der Waals surface area contributed by atoms with E-state index >= 15 is 0 Å². The molecule has 0 bridgehead atoms. The summed E-state index contributed by atoms with van der Waals surface area (Å²) in [5.41, 5.74) is 0. The smallest absolute Gasteiger partial charge is 0.324 e. The van der Waals surface area contributed by atoms with Crippen molar-refractivity contribution in [3.8, 4) is 5.75 Å². The van der Waals surface area contributed by atoms with Gasteiger partial charge in [-0.05, 0) is 12.1 Å². The number of imide groups is 1. The van der Waals surface area contributed by atoms with Crippen LogP contribution in [-0.2, 0) is 4.79 Å². The van der Waals surface area contributed by atoms with Gasteiger partial charge in [0.05, 0.1) is 6.54 Å². The molecule has 0 atom stereocenters. The zero-order valence-corrected chi connectivity index (χ0v) is 8.68. The molecule has 1 fully saturated rings. The van der Waals surface area contributed by atoms with Crippen LogP contribution in [0.3, 0.4) is 0 Å². The van der Waals surface area contributed by atoms with Crippen LogP contribution in [-0.4, -0.2) is 36.5 Å². The number of amides is 3. The van der Waals surface area contributed by atoms with Crippen molar-refractivity contribution >= 4 is 11.9 Å².